The molecule has 0 nitrogen and oxygen atoms in total. The van der Waals surface area contributed by atoms with Gasteiger partial charge in [0.25, 0.3) is 0 Å². The van der Waals surface area contributed by atoms with Crippen LogP contribution in [0.25, 0.3) is 0 Å². The van der Waals surface area contributed by atoms with Gasteiger partial charge in [0.15, 0.2) is 0 Å². The third-order valence-corrected chi connectivity index (χ3v) is 1.05. The van der Waals surface area contributed by atoms with Crippen molar-refractivity contribution in [2.24, 2.45) is 5.92 Å². The molecule has 0 aliphatic carbocycles. The number of hydrogen-bond donors (Lipinski definition) is 0. The summed E-state index contributed by atoms with van der Waals surface area (Å²) in [6.07, 6.45) is 3.93. The first-order valence-electron chi connectivity index (χ1n) is 3.10. The zero-order valence-corrected chi connectivity index (χ0v) is 9.49. The van der Waals surface area contributed by atoms with Gasteiger partial charge >= 0.3 is 23.1 Å². The fourth-order valence-electron chi connectivity index (χ4n) is 0.553. The topological polar surface area (TPSA) is 0 Å². The van der Waals surface area contributed by atoms with Crippen LogP contribution < -0.4 is 17.0 Å². The Morgan fingerprint density at radius 1 is 1.44 bits per heavy atom. The van der Waals surface area contributed by atoms with Crippen LogP contribution in [0.1, 0.15) is 33.1 Å². The molecule has 0 heterocycles. The van der Waals surface area contributed by atoms with Crippen molar-refractivity contribution in [3.8, 4) is 0 Å². The van der Waals surface area contributed by atoms with E-state index >= 15 is 0 Å². The van der Waals surface area contributed by atoms with Gasteiger partial charge in [0, 0.05) is 0 Å². The summed E-state index contributed by atoms with van der Waals surface area (Å²) in [5, 5.41) is 0. The van der Waals surface area contributed by atoms with E-state index in [2.05, 4.69) is 20.8 Å². The van der Waals surface area contributed by atoms with E-state index in [-0.39, 0.29) is 40.0 Å². The van der Waals surface area contributed by atoms with Crippen LogP contribution in [-0.2, 0) is 0 Å². The molecule has 9 heavy (non-hydrogen) atoms. The molecule has 0 fully saturated rings. The summed E-state index contributed by atoms with van der Waals surface area (Å²) in [5.41, 5.74) is 0. The summed E-state index contributed by atoms with van der Waals surface area (Å²) < 4.78 is 0. The first-order chi connectivity index (χ1) is 3.27. The van der Waals surface area contributed by atoms with Gasteiger partial charge in [-0.25, -0.2) is 0 Å². The molecule has 52 valence electrons. The number of hydrogen-bond acceptors (Lipinski definition) is 0. The van der Waals surface area contributed by atoms with E-state index < -0.39 is 0 Å². The number of halogens is 1. The SMILES string of the molecule is [Br-].[CH2-]C(C)CCCC.[Mg+2]. The molecule has 2 heteroatoms. The molecule has 1 unspecified atom stereocenters. The van der Waals surface area contributed by atoms with E-state index in [4.69, 9.17) is 0 Å². The third-order valence-electron chi connectivity index (χ3n) is 1.05. The van der Waals surface area contributed by atoms with Crippen LogP contribution >= 0.6 is 0 Å². The normalized spacial score (nSPS) is 11.0. The van der Waals surface area contributed by atoms with Gasteiger partial charge in [-0.3, -0.25) is 0 Å². The van der Waals surface area contributed by atoms with Gasteiger partial charge in [0.1, 0.15) is 0 Å². The Bertz CT molecular complexity index is 37.9. The van der Waals surface area contributed by atoms with E-state index in [1.165, 1.54) is 19.3 Å². The Morgan fingerprint density at radius 3 is 2.00 bits per heavy atom. The minimum Gasteiger partial charge on any atom is -1.00 e. The minimum atomic E-state index is 0. The molecule has 0 aliphatic rings. The number of rotatable bonds is 3. The van der Waals surface area contributed by atoms with Crippen LogP contribution in [0.15, 0.2) is 0 Å². The van der Waals surface area contributed by atoms with Gasteiger partial charge in [0.05, 0.1) is 0 Å². The summed E-state index contributed by atoms with van der Waals surface area (Å²) in [6, 6.07) is 0. The van der Waals surface area contributed by atoms with Crippen LogP contribution in [0.4, 0.5) is 0 Å². The molecule has 0 radical (unpaired) electrons. The summed E-state index contributed by atoms with van der Waals surface area (Å²) >= 11 is 0. The number of unbranched alkanes of at least 4 members (excludes halogenated alkanes) is 1. The second-order valence-electron chi connectivity index (χ2n) is 2.25. The van der Waals surface area contributed by atoms with Gasteiger partial charge in [-0.15, -0.1) is 0 Å². The molecule has 0 saturated carbocycles. The third kappa shape index (κ3) is 17.6. The monoisotopic (exact) mass is 202 g/mol. The van der Waals surface area contributed by atoms with E-state index in [9.17, 15) is 0 Å². The van der Waals surface area contributed by atoms with Crippen LogP contribution in [-0.4, -0.2) is 23.1 Å². The second kappa shape index (κ2) is 12.0. The average molecular weight is 203 g/mol. The van der Waals surface area contributed by atoms with E-state index in [0.717, 1.165) is 0 Å². The summed E-state index contributed by atoms with van der Waals surface area (Å²) in [6.45, 7) is 8.25. The van der Waals surface area contributed by atoms with Crippen LogP contribution in [0.3, 0.4) is 0 Å². The fraction of sp³-hybridized carbons (Fsp3) is 0.857. The van der Waals surface area contributed by atoms with E-state index in [1.807, 2.05) is 0 Å². The van der Waals surface area contributed by atoms with Crippen molar-refractivity contribution in [3.05, 3.63) is 6.92 Å². The molecule has 0 rings (SSSR count). The van der Waals surface area contributed by atoms with Gasteiger partial charge in [-0.2, -0.15) is 5.92 Å². The predicted octanol–water partition coefficient (Wildman–Crippen LogP) is -0.730. The maximum Gasteiger partial charge on any atom is 2.00 e. The van der Waals surface area contributed by atoms with Crippen LogP contribution in [0, 0.1) is 12.8 Å². The molecule has 0 aromatic rings. The zero-order chi connectivity index (χ0) is 5.70. The predicted molar refractivity (Wildman–Crippen MR) is 39.8 cm³/mol. The van der Waals surface area contributed by atoms with Crippen LogP contribution in [0.5, 0.6) is 0 Å². The van der Waals surface area contributed by atoms with E-state index in [1.54, 1.807) is 0 Å². The average Bonchev–Trinajstić information content (AvgIpc) is 1.61. The molecule has 0 aliphatic heterocycles. The van der Waals surface area contributed by atoms with Gasteiger partial charge < -0.3 is 23.9 Å². The Morgan fingerprint density at radius 2 is 1.89 bits per heavy atom. The first-order valence-corrected chi connectivity index (χ1v) is 3.10. The molecule has 1 atom stereocenters. The first kappa shape index (κ1) is 16.7. The molecule has 0 bridgehead atoms. The van der Waals surface area contributed by atoms with Crippen molar-refractivity contribution in [3.63, 3.8) is 0 Å². The standard InChI is InChI=1S/C7H15.BrH.Mg/c1-4-5-6-7(2)3;;/h7H,2,4-6H2,1,3H3;1H;/q-1;;+2/p-1. The molecular formula is C7H15BrMg. The quantitative estimate of drug-likeness (QED) is 0.419. The Balaban J connectivity index is -0.000000180. The van der Waals surface area contributed by atoms with Crippen molar-refractivity contribution in [2.45, 2.75) is 33.1 Å². The molecule has 0 aromatic heterocycles. The Hall–Kier alpha value is 1.25. The van der Waals surface area contributed by atoms with Crippen molar-refractivity contribution in [2.75, 3.05) is 0 Å². The smallest absolute Gasteiger partial charge is 1.00 e. The molecule has 0 N–H and O–H groups in total. The van der Waals surface area contributed by atoms with Crippen LogP contribution in [0.2, 0.25) is 0 Å². The summed E-state index contributed by atoms with van der Waals surface area (Å²) in [4.78, 5) is 0. The van der Waals surface area contributed by atoms with Gasteiger partial charge in [-0.1, -0.05) is 33.1 Å². The molecular weight excluding hydrogens is 188 g/mol. The van der Waals surface area contributed by atoms with Crippen molar-refractivity contribution >= 4 is 23.1 Å². The molecule has 0 spiro atoms. The molecule has 0 saturated heterocycles. The maximum atomic E-state index is 3.88. The van der Waals surface area contributed by atoms with Crippen molar-refractivity contribution < 1.29 is 17.0 Å². The molecule has 0 aromatic carbocycles. The largest absolute Gasteiger partial charge is 2.00 e. The Labute approximate surface area is 85.7 Å². The van der Waals surface area contributed by atoms with Crippen molar-refractivity contribution in [1.82, 2.24) is 0 Å². The zero-order valence-electron chi connectivity index (χ0n) is 6.49. The summed E-state index contributed by atoms with van der Waals surface area (Å²) in [7, 11) is 0. The van der Waals surface area contributed by atoms with Crippen molar-refractivity contribution in [1.29, 1.82) is 0 Å². The second-order valence-corrected chi connectivity index (χ2v) is 2.25. The minimum absolute atomic E-state index is 0. The van der Waals surface area contributed by atoms with Gasteiger partial charge in [0.2, 0.25) is 0 Å². The fourth-order valence-corrected chi connectivity index (χ4v) is 0.553. The molecule has 0 amide bonds. The maximum absolute atomic E-state index is 3.88. The Kier molecular flexibility index (Phi) is 22.2. The van der Waals surface area contributed by atoms with E-state index in [0.29, 0.717) is 5.92 Å². The van der Waals surface area contributed by atoms with Gasteiger partial charge in [-0.05, 0) is 0 Å². The summed E-state index contributed by atoms with van der Waals surface area (Å²) in [5.74, 6) is 0.653.